The Morgan fingerprint density at radius 3 is 2.89 bits per heavy atom. The van der Waals surface area contributed by atoms with E-state index < -0.39 is 0 Å². The molecule has 1 amide bonds. The molecule has 2 atom stereocenters. The normalized spacial score (nSPS) is 19.0. The van der Waals surface area contributed by atoms with Crippen molar-refractivity contribution in [2.45, 2.75) is 59.4 Å². The van der Waals surface area contributed by atoms with Crippen molar-refractivity contribution in [1.29, 1.82) is 0 Å². The molecule has 146 valence electrons. The lowest BCUT2D eigenvalue weighted by Gasteiger charge is -2.24. The Bertz CT molecular complexity index is 831. The number of carbonyl (C=O) groups is 1. The van der Waals surface area contributed by atoms with Gasteiger partial charge in [0.2, 0.25) is 0 Å². The maximum absolute atomic E-state index is 13.1. The largest absolute Gasteiger partial charge is 0.383 e. The van der Waals surface area contributed by atoms with E-state index in [9.17, 15) is 4.79 Å². The minimum atomic E-state index is -0.124. The van der Waals surface area contributed by atoms with E-state index in [1.807, 2.05) is 40.0 Å². The van der Waals surface area contributed by atoms with Crippen molar-refractivity contribution in [3.05, 3.63) is 46.0 Å². The standard InChI is InChI=1S/C20H28N4O3/c1-12-8-13(2)21-10-16(12)11-22-20(25)19-17-9-14(3)27-15(4)18(17)23-24(19)6-7-26-5/h8,10,14-15H,6-7,9,11H2,1-5H3,(H,22,25)/t14-,15+/m0/s1. The van der Waals surface area contributed by atoms with Crippen LogP contribution in [0.4, 0.5) is 0 Å². The first-order valence-corrected chi connectivity index (χ1v) is 9.35. The molecule has 0 aliphatic carbocycles. The number of pyridine rings is 1. The highest BCUT2D eigenvalue weighted by atomic mass is 16.5. The van der Waals surface area contributed by atoms with Crippen LogP contribution in [-0.2, 0) is 29.0 Å². The van der Waals surface area contributed by atoms with Gasteiger partial charge in [0.1, 0.15) is 5.69 Å². The Labute approximate surface area is 160 Å². The van der Waals surface area contributed by atoms with Crippen molar-refractivity contribution < 1.29 is 14.3 Å². The third kappa shape index (κ3) is 4.20. The highest BCUT2D eigenvalue weighted by Gasteiger charge is 2.32. The first-order valence-electron chi connectivity index (χ1n) is 9.35. The van der Waals surface area contributed by atoms with Gasteiger partial charge in [-0.1, -0.05) is 0 Å². The molecule has 3 heterocycles. The summed E-state index contributed by atoms with van der Waals surface area (Å²) >= 11 is 0. The molecule has 2 aromatic heterocycles. The number of hydrogen-bond acceptors (Lipinski definition) is 5. The Morgan fingerprint density at radius 2 is 2.19 bits per heavy atom. The second-order valence-corrected chi connectivity index (χ2v) is 7.16. The summed E-state index contributed by atoms with van der Waals surface area (Å²) in [6.07, 6.45) is 2.44. The van der Waals surface area contributed by atoms with Crippen molar-refractivity contribution in [2.24, 2.45) is 0 Å². The molecule has 7 nitrogen and oxygen atoms in total. The van der Waals surface area contributed by atoms with Gasteiger partial charge in [0.25, 0.3) is 5.91 Å². The number of nitrogens with one attached hydrogen (secondary N) is 1. The van der Waals surface area contributed by atoms with Gasteiger partial charge in [0.05, 0.1) is 31.1 Å². The minimum absolute atomic E-state index is 0.0580. The predicted octanol–water partition coefficient (Wildman–Crippen LogP) is 2.49. The molecule has 2 aromatic rings. The number of nitrogens with zero attached hydrogens (tertiary/aromatic N) is 3. The van der Waals surface area contributed by atoms with Crippen molar-refractivity contribution in [3.8, 4) is 0 Å². The van der Waals surface area contributed by atoms with Crippen LogP contribution in [0.5, 0.6) is 0 Å². The maximum Gasteiger partial charge on any atom is 0.270 e. The zero-order valence-electron chi connectivity index (χ0n) is 16.7. The van der Waals surface area contributed by atoms with Gasteiger partial charge >= 0.3 is 0 Å². The van der Waals surface area contributed by atoms with Crippen LogP contribution in [0.25, 0.3) is 0 Å². The van der Waals surface area contributed by atoms with Gasteiger partial charge in [-0.15, -0.1) is 0 Å². The van der Waals surface area contributed by atoms with Gasteiger partial charge in [-0.3, -0.25) is 14.5 Å². The zero-order valence-corrected chi connectivity index (χ0v) is 16.7. The van der Waals surface area contributed by atoms with Gasteiger partial charge < -0.3 is 14.8 Å². The highest BCUT2D eigenvalue weighted by Crippen LogP contribution is 2.31. The minimum Gasteiger partial charge on any atom is -0.383 e. The van der Waals surface area contributed by atoms with Crippen molar-refractivity contribution in [1.82, 2.24) is 20.1 Å². The van der Waals surface area contributed by atoms with Crippen molar-refractivity contribution in [2.75, 3.05) is 13.7 Å². The summed E-state index contributed by atoms with van der Waals surface area (Å²) in [5, 5.41) is 7.68. The second-order valence-electron chi connectivity index (χ2n) is 7.16. The lowest BCUT2D eigenvalue weighted by atomic mass is 9.99. The monoisotopic (exact) mass is 372 g/mol. The molecule has 0 saturated heterocycles. The Hall–Kier alpha value is -2.25. The molecule has 1 aliphatic rings. The molecule has 3 rings (SSSR count). The Balaban J connectivity index is 1.86. The number of amides is 1. The van der Waals surface area contributed by atoms with E-state index in [1.54, 1.807) is 11.8 Å². The van der Waals surface area contributed by atoms with E-state index in [0.717, 1.165) is 28.1 Å². The molecule has 0 radical (unpaired) electrons. The fourth-order valence-electron chi connectivity index (χ4n) is 3.56. The van der Waals surface area contributed by atoms with Crippen molar-refractivity contribution >= 4 is 5.91 Å². The molecule has 0 fully saturated rings. The van der Waals surface area contributed by atoms with Gasteiger partial charge in [-0.2, -0.15) is 5.10 Å². The summed E-state index contributed by atoms with van der Waals surface area (Å²) in [5.41, 5.74) is 5.54. The van der Waals surface area contributed by atoms with Gasteiger partial charge in [0, 0.05) is 37.5 Å². The van der Waals surface area contributed by atoms with E-state index in [1.165, 1.54) is 0 Å². The summed E-state index contributed by atoms with van der Waals surface area (Å²) in [4.78, 5) is 17.4. The highest BCUT2D eigenvalue weighted by molar-refractivity contribution is 5.94. The first kappa shape index (κ1) is 19.5. The number of aryl methyl sites for hydroxylation is 2. The number of carbonyl (C=O) groups excluding carboxylic acids is 1. The number of ether oxygens (including phenoxy) is 2. The number of methoxy groups -OCH3 is 1. The SMILES string of the molecule is COCCn1nc2c(c1C(=O)NCc1cnc(C)cc1C)C[C@H](C)O[C@@H]2C. The number of aromatic nitrogens is 3. The average molecular weight is 372 g/mol. The molecule has 1 aliphatic heterocycles. The summed E-state index contributed by atoms with van der Waals surface area (Å²) in [7, 11) is 1.64. The second kappa shape index (κ2) is 8.19. The lowest BCUT2D eigenvalue weighted by molar-refractivity contribution is -0.00716. The third-order valence-corrected chi connectivity index (χ3v) is 4.91. The lowest BCUT2D eigenvalue weighted by Crippen LogP contribution is -2.29. The average Bonchev–Trinajstić information content (AvgIpc) is 2.97. The van der Waals surface area contributed by atoms with Crippen LogP contribution >= 0.6 is 0 Å². The molecule has 0 unspecified atom stereocenters. The molecule has 0 saturated carbocycles. The van der Waals surface area contributed by atoms with Gasteiger partial charge in [-0.25, -0.2) is 0 Å². The summed E-state index contributed by atoms with van der Waals surface area (Å²) < 4.78 is 12.8. The molecule has 0 spiro atoms. The van der Waals surface area contributed by atoms with Crippen LogP contribution < -0.4 is 5.32 Å². The van der Waals surface area contributed by atoms with Crippen LogP contribution in [0, 0.1) is 13.8 Å². The Morgan fingerprint density at radius 1 is 1.41 bits per heavy atom. The molecular formula is C20H28N4O3. The smallest absolute Gasteiger partial charge is 0.270 e. The molecule has 1 N–H and O–H groups in total. The van der Waals surface area contributed by atoms with Gasteiger partial charge in [0.15, 0.2) is 0 Å². The van der Waals surface area contributed by atoms with E-state index in [2.05, 4.69) is 15.4 Å². The summed E-state index contributed by atoms with van der Waals surface area (Å²) in [5.74, 6) is -0.124. The number of hydrogen-bond donors (Lipinski definition) is 1. The van der Waals surface area contributed by atoms with Crippen LogP contribution in [0.3, 0.4) is 0 Å². The Kier molecular flexibility index (Phi) is 5.92. The third-order valence-electron chi connectivity index (χ3n) is 4.91. The van der Waals surface area contributed by atoms with Gasteiger partial charge in [-0.05, 0) is 44.9 Å². The number of fused-ring (bicyclic) bond motifs is 1. The molecular weight excluding hydrogens is 344 g/mol. The van der Waals surface area contributed by atoms with E-state index in [-0.39, 0.29) is 18.1 Å². The quantitative estimate of drug-likeness (QED) is 0.843. The van der Waals surface area contributed by atoms with E-state index in [0.29, 0.717) is 31.8 Å². The van der Waals surface area contributed by atoms with Crippen molar-refractivity contribution in [3.63, 3.8) is 0 Å². The summed E-state index contributed by atoms with van der Waals surface area (Å²) in [6.45, 7) is 9.44. The maximum atomic E-state index is 13.1. The van der Waals surface area contributed by atoms with Crippen LogP contribution in [-0.4, -0.2) is 40.5 Å². The molecule has 27 heavy (non-hydrogen) atoms. The molecule has 0 bridgehead atoms. The topological polar surface area (TPSA) is 78.3 Å². The first-order chi connectivity index (χ1) is 12.9. The van der Waals surface area contributed by atoms with E-state index in [4.69, 9.17) is 9.47 Å². The summed E-state index contributed by atoms with van der Waals surface area (Å²) in [6, 6.07) is 2.02. The predicted molar refractivity (Wildman–Crippen MR) is 102 cm³/mol. The zero-order chi connectivity index (χ0) is 19.6. The van der Waals surface area contributed by atoms with Crippen LogP contribution in [0.1, 0.15) is 58.5 Å². The molecule has 0 aromatic carbocycles. The fourth-order valence-corrected chi connectivity index (χ4v) is 3.56. The van der Waals surface area contributed by atoms with E-state index >= 15 is 0 Å². The number of rotatable bonds is 6. The van der Waals surface area contributed by atoms with Crippen LogP contribution in [0.15, 0.2) is 12.3 Å². The van der Waals surface area contributed by atoms with Crippen LogP contribution in [0.2, 0.25) is 0 Å². The molecule has 7 heteroatoms. The fraction of sp³-hybridized carbons (Fsp3) is 0.550.